The Morgan fingerprint density at radius 1 is 1.23 bits per heavy atom. The van der Waals surface area contributed by atoms with Crippen LogP contribution in [0.25, 0.3) is 0 Å². The van der Waals surface area contributed by atoms with Gasteiger partial charge in [-0.05, 0) is 41.2 Å². The molecule has 2 aromatic rings. The number of amides is 2. The molecule has 2 aromatic carbocycles. The minimum Gasteiger partial charge on any atom is -0.394 e. The van der Waals surface area contributed by atoms with Crippen LogP contribution in [-0.4, -0.2) is 50.9 Å². The normalized spacial score (nSPS) is 25.9. The minimum absolute atomic E-state index is 0.0327. The van der Waals surface area contributed by atoms with Crippen LogP contribution in [0.5, 0.6) is 0 Å². The highest BCUT2D eigenvalue weighted by Crippen LogP contribution is 2.57. The number of aliphatic hydroxyl groups is 2. The highest BCUT2D eigenvalue weighted by Gasteiger charge is 2.66. The third kappa shape index (κ3) is 5.65. The van der Waals surface area contributed by atoms with Crippen molar-refractivity contribution in [3.63, 3.8) is 0 Å². The fraction of sp³-hybridized carbons (Fsp3) is 0.481. The summed E-state index contributed by atoms with van der Waals surface area (Å²) in [5, 5.41) is 27.6. The van der Waals surface area contributed by atoms with Gasteiger partial charge in [0, 0.05) is 24.1 Å². The standard InChI is InChI=1S/C27H30Cl2F2IN3O4/c1-26(2,3)10-19-27(14-8-17(30)16(29)9-18(14)33-25(27)39)21(13-5-4-6-15(28)22(13)31)23(34-19)24(38)35-20(32)7-12(37)11-36/h4-6,8-9,12,19-21,23,34,36-37H,7,10-11H2,1-3H3,(H,33,39)(H,35,38)/t12-,19+,20-,21-,23+,27-/m0/s1. The van der Waals surface area contributed by atoms with Crippen LogP contribution in [0, 0.1) is 17.0 Å². The third-order valence-corrected chi connectivity index (χ3v) is 8.69. The largest absolute Gasteiger partial charge is 0.394 e. The molecule has 12 heteroatoms. The van der Waals surface area contributed by atoms with E-state index in [0.717, 1.165) is 0 Å². The minimum atomic E-state index is -1.59. The smallest absolute Gasteiger partial charge is 0.238 e. The monoisotopic (exact) mass is 695 g/mol. The quantitative estimate of drug-likeness (QED) is 0.165. The lowest BCUT2D eigenvalue weighted by molar-refractivity contribution is -0.124. The van der Waals surface area contributed by atoms with Crippen molar-refractivity contribution in [2.24, 2.45) is 5.41 Å². The summed E-state index contributed by atoms with van der Waals surface area (Å²) in [7, 11) is 0. The molecule has 2 amide bonds. The number of benzene rings is 2. The molecular formula is C27H30Cl2F2IN3O4. The lowest BCUT2D eigenvalue weighted by Crippen LogP contribution is -2.49. The van der Waals surface area contributed by atoms with Crippen molar-refractivity contribution < 1.29 is 28.6 Å². The van der Waals surface area contributed by atoms with Crippen LogP contribution >= 0.6 is 45.8 Å². The van der Waals surface area contributed by atoms with Crippen molar-refractivity contribution in [3.8, 4) is 0 Å². The highest BCUT2D eigenvalue weighted by atomic mass is 127. The molecule has 0 aliphatic carbocycles. The first-order valence-corrected chi connectivity index (χ1v) is 14.4. The van der Waals surface area contributed by atoms with E-state index in [1.54, 1.807) is 0 Å². The van der Waals surface area contributed by atoms with Crippen LogP contribution in [0.2, 0.25) is 10.0 Å². The Kier molecular flexibility index (Phi) is 8.86. The number of rotatable bonds is 7. The molecule has 0 bridgehead atoms. The predicted molar refractivity (Wildman–Crippen MR) is 154 cm³/mol. The maximum absolute atomic E-state index is 15.7. The van der Waals surface area contributed by atoms with E-state index in [4.69, 9.17) is 23.2 Å². The maximum atomic E-state index is 15.7. The summed E-state index contributed by atoms with van der Waals surface area (Å²) in [5.41, 5.74) is -1.34. The average Bonchev–Trinajstić information content (AvgIpc) is 3.30. The summed E-state index contributed by atoms with van der Waals surface area (Å²) < 4.78 is 30.1. The molecule has 4 rings (SSSR count). The van der Waals surface area contributed by atoms with E-state index in [1.807, 2.05) is 43.4 Å². The number of halogens is 5. The first kappa shape index (κ1) is 30.4. The van der Waals surface area contributed by atoms with Crippen LogP contribution in [0.3, 0.4) is 0 Å². The Morgan fingerprint density at radius 2 is 1.92 bits per heavy atom. The number of hydrogen-bond donors (Lipinski definition) is 5. The summed E-state index contributed by atoms with van der Waals surface area (Å²) >= 11 is 14.1. The predicted octanol–water partition coefficient (Wildman–Crippen LogP) is 4.64. The summed E-state index contributed by atoms with van der Waals surface area (Å²) in [5.74, 6) is -3.71. The molecule has 7 nitrogen and oxygen atoms in total. The van der Waals surface area contributed by atoms with Crippen LogP contribution in [0.15, 0.2) is 30.3 Å². The molecule has 0 radical (unpaired) electrons. The van der Waals surface area contributed by atoms with Gasteiger partial charge in [-0.2, -0.15) is 0 Å². The first-order valence-electron chi connectivity index (χ1n) is 12.4. The zero-order valence-electron chi connectivity index (χ0n) is 21.5. The maximum Gasteiger partial charge on any atom is 0.238 e. The summed E-state index contributed by atoms with van der Waals surface area (Å²) in [6.07, 6.45) is -0.608. The zero-order valence-corrected chi connectivity index (χ0v) is 25.2. The van der Waals surface area contributed by atoms with Gasteiger partial charge < -0.3 is 26.2 Å². The molecule has 0 unspecified atom stereocenters. The van der Waals surface area contributed by atoms with Gasteiger partial charge in [-0.3, -0.25) is 9.59 Å². The Hall–Kier alpha value is -1.57. The fourth-order valence-electron chi connectivity index (χ4n) is 5.78. The molecule has 2 aliphatic rings. The van der Waals surface area contributed by atoms with E-state index in [2.05, 4.69) is 16.0 Å². The molecule has 0 saturated carbocycles. The van der Waals surface area contributed by atoms with Crippen LogP contribution < -0.4 is 16.0 Å². The SMILES string of the molecule is CC(C)(C)C[C@H]1N[C@@H](C(=O)N[C@H](I)C[C@H](O)CO)[C@H](c2cccc(Cl)c2F)[C@@]12C(=O)Nc1cc(Cl)c(F)cc12. The van der Waals surface area contributed by atoms with Gasteiger partial charge in [0.1, 0.15) is 17.0 Å². The Bertz CT molecular complexity index is 1290. The van der Waals surface area contributed by atoms with Gasteiger partial charge in [-0.1, -0.05) is 78.7 Å². The molecule has 6 atom stereocenters. The number of hydrogen-bond acceptors (Lipinski definition) is 5. The Labute approximate surface area is 249 Å². The molecule has 1 spiro atoms. The highest BCUT2D eigenvalue weighted by molar-refractivity contribution is 14.1. The van der Waals surface area contributed by atoms with Gasteiger partial charge in [0.2, 0.25) is 11.8 Å². The van der Waals surface area contributed by atoms with E-state index in [-0.39, 0.29) is 33.0 Å². The second-order valence-corrected chi connectivity index (χ2v) is 13.6. The van der Waals surface area contributed by atoms with Gasteiger partial charge in [-0.15, -0.1) is 0 Å². The molecule has 5 N–H and O–H groups in total. The summed E-state index contributed by atoms with van der Waals surface area (Å²) in [4.78, 5) is 27.9. The third-order valence-electron chi connectivity index (χ3n) is 7.29. The fourth-order valence-corrected chi connectivity index (χ4v) is 7.02. The molecule has 0 aromatic heterocycles. The average molecular weight is 696 g/mol. The molecule has 1 saturated heterocycles. The van der Waals surface area contributed by atoms with Gasteiger partial charge in [0.15, 0.2) is 0 Å². The number of anilines is 1. The number of alkyl halides is 1. The lowest BCUT2D eigenvalue weighted by atomic mass is 9.62. The molecule has 1 fully saturated rings. The van der Waals surface area contributed by atoms with E-state index < -0.39 is 63.6 Å². The molecule has 2 aliphatic heterocycles. The molecule has 212 valence electrons. The van der Waals surface area contributed by atoms with Gasteiger partial charge in [0.05, 0.1) is 32.8 Å². The summed E-state index contributed by atoms with van der Waals surface area (Å²) in [6.45, 7) is 5.43. The number of aliphatic hydroxyl groups excluding tert-OH is 2. The second-order valence-electron chi connectivity index (χ2n) is 11.3. The molecule has 2 heterocycles. The second kappa shape index (κ2) is 11.4. The van der Waals surface area contributed by atoms with Gasteiger partial charge in [-0.25, -0.2) is 8.78 Å². The lowest BCUT2D eigenvalue weighted by Gasteiger charge is -2.37. The number of nitrogens with one attached hydrogen (secondary N) is 3. The van der Waals surface area contributed by atoms with Crippen LogP contribution in [0.1, 0.15) is 50.7 Å². The van der Waals surface area contributed by atoms with Crippen molar-refractivity contribution >= 4 is 63.3 Å². The number of carbonyl (C=O) groups is 2. The van der Waals surface area contributed by atoms with Crippen molar-refractivity contribution in [2.45, 2.75) is 67.2 Å². The molecular weight excluding hydrogens is 666 g/mol. The van der Waals surface area contributed by atoms with Gasteiger partial charge in [0.25, 0.3) is 0 Å². The number of fused-ring (bicyclic) bond motifs is 2. The van der Waals surface area contributed by atoms with Crippen LogP contribution in [-0.2, 0) is 15.0 Å². The van der Waals surface area contributed by atoms with Gasteiger partial charge >= 0.3 is 0 Å². The number of carbonyl (C=O) groups excluding carboxylic acids is 2. The van der Waals surface area contributed by atoms with Crippen LogP contribution in [0.4, 0.5) is 14.5 Å². The van der Waals surface area contributed by atoms with Crippen molar-refractivity contribution in [1.82, 2.24) is 10.6 Å². The molecule has 39 heavy (non-hydrogen) atoms. The zero-order chi connectivity index (χ0) is 28.9. The van der Waals surface area contributed by atoms with E-state index >= 15 is 4.39 Å². The van der Waals surface area contributed by atoms with Crippen molar-refractivity contribution in [1.29, 1.82) is 0 Å². The van der Waals surface area contributed by atoms with Crippen molar-refractivity contribution in [3.05, 3.63) is 63.1 Å². The summed E-state index contributed by atoms with van der Waals surface area (Å²) in [6, 6.07) is 5.04. The Balaban J connectivity index is 1.94. The van der Waals surface area contributed by atoms with Crippen molar-refractivity contribution in [2.75, 3.05) is 11.9 Å². The van der Waals surface area contributed by atoms with E-state index in [0.29, 0.717) is 12.1 Å². The first-order chi connectivity index (χ1) is 18.2. The Morgan fingerprint density at radius 3 is 2.56 bits per heavy atom. The topological polar surface area (TPSA) is 111 Å². The van der Waals surface area contributed by atoms with E-state index in [9.17, 15) is 24.2 Å². The van der Waals surface area contributed by atoms with E-state index in [1.165, 1.54) is 30.3 Å².